The van der Waals surface area contributed by atoms with Gasteiger partial charge in [-0.1, -0.05) is 43.8 Å². The van der Waals surface area contributed by atoms with Crippen LogP contribution in [0.15, 0.2) is 52.3 Å². The number of carbonyl (C=O) groups excluding carboxylic acids is 1. The SMILES string of the molecule is C=C(C=CC(=CC)C1=CCC(C(=O)N2CCC(CCO)CC2)CC1)OCC1CCN(c2nc(C(C)C)no2)CC1. The second kappa shape index (κ2) is 14.7. The van der Waals surface area contributed by atoms with E-state index in [2.05, 4.69) is 60.6 Å². The lowest BCUT2D eigenvalue weighted by molar-refractivity contribution is -0.137. The summed E-state index contributed by atoms with van der Waals surface area (Å²) in [6.07, 6.45) is 15.9. The summed E-state index contributed by atoms with van der Waals surface area (Å²) in [7, 11) is 0. The Morgan fingerprint density at radius 1 is 1.15 bits per heavy atom. The highest BCUT2D eigenvalue weighted by Crippen LogP contribution is 2.31. The van der Waals surface area contributed by atoms with Gasteiger partial charge >= 0.3 is 6.01 Å². The summed E-state index contributed by atoms with van der Waals surface area (Å²) >= 11 is 0. The number of hydrogen-bond donors (Lipinski definition) is 1. The van der Waals surface area contributed by atoms with E-state index in [4.69, 9.17) is 9.26 Å². The number of allylic oxidation sites excluding steroid dienone is 6. The van der Waals surface area contributed by atoms with Crippen LogP contribution < -0.4 is 4.90 Å². The average molecular weight is 553 g/mol. The number of aromatic nitrogens is 2. The number of nitrogens with zero attached hydrogens (tertiary/aromatic N) is 4. The van der Waals surface area contributed by atoms with Crippen molar-refractivity contribution < 1.29 is 19.2 Å². The number of anilines is 1. The lowest BCUT2D eigenvalue weighted by Crippen LogP contribution is -2.42. The molecule has 1 atom stereocenters. The minimum atomic E-state index is 0.0852. The Kier molecular flexibility index (Phi) is 11.0. The van der Waals surface area contributed by atoms with Crippen LogP contribution in [0.25, 0.3) is 0 Å². The van der Waals surface area contributed by atoms with Crippen molar-refractivity contribution in [3.8, 4) is 0 Å². The van der Waals surface area contributed by atoms with Crippen molar-refractivity contribution in [2.75, 3.05) is 44.3 Å². The van der Waals surface area contributed by atoms with Gasteiger partial charge in [-0.25, -0.2) is 0 Å². The van der Waals surface area contributed by atoms with E-state index in [1.165, 1.54) is 11.1 Å². The lowest BCUT2D eigenvalue weighted by Gasteiger charge is -2.35. The van der Waals surface area contributed by atoms with Crippen molar-refractivity contribution in [3.63, 3.8) is 0 Å². The number of rotatable bonds is 11. The number of amides is 1. The summed E-state index contributed by atoms with van der Waals surface area (Å²) in [5.41, 5.74) is 2.47. The molecule has 0 aromatic carbocycles. The van der Waals surface area contributed by atoms with Gasteiger partial charge in [-0.2, -0.15) is 4.98 Å². The molecule has 0 saturated carbocycles. The van der Waals surface area contributed by atoms with Gasteiger partial charge in [0.15, 0.2) is 5.82 Å². The molecule has 3 heterocycles. The predicted molar refractivity (Wildman–Crippen MR) is 158 cm³/mol. The maximum absolute atomic E-state index is 13.1. The minimum Gasteiger partial charge on any atom is -0.494 e. The Morgan fingerprint density at radius 3 is 2.48 bits per heavy atom. The van der Waals surface area contributed by atoms with E-state index in [9.17, 15) is 9.90 Å². The van der Waals surface area contributed by atoms with Gasteiger partial charge < -0.3 is 24.2 Å². The third kappa shape index (κ3) is 8.09. The standard InChI is InChI=1S/C32H48N4O4/c1-5-27(28-8-10-29(11-9-28)31(38)35-17-12-25(13-18-35)16-21-37)7-6-24(4)39-22-26-14-19-36(20-15-26)32-33-30(23(2)3)34-40-32/h5-8,23,25-26,29,37H,4,9-22H2,1-3H3. The van der Waals surface area contributed by atoms with Crippen LogP contribution in [-0.4, -0.2) is 65.4 Å². The van der Waals surface area contributed by atoms with Crippen molar-refractivity contribution in [3.05, 3.63) is 53.6 Å². The van der Waals surface area contributed by atoms with Crippen molar-refractivity contribution in [2.24, 2.45) is 17.8 Å². The third-order valence-electron chi connectivity index (χ3n) is 8.69. The molecule has 8 nitrogen and oxygen atoms in total. The van der Waals surface area contributed by atoms with E-state index in [0.717, 1.165) is 83.4 Å². The van der Waals surface area contributed by atoms with Crippen LogP contribution >= 0.6 is 0 Å². The van der Waals surface area contributed by atoms with Crippen LogP contribution in [0.2, 0.25) is 0 Å². The van der Waals surface area contributed by atoms with E-state index in [-0.39, 0.29) is 18.4 Å². The zero-order valence-corrected chi connectivity index (χ0v) is 24.7. The highest BCUT2D eigenvalue weighted by atomic mass is 16.5. The summed E-state index contributed by atoms with van der Waals surface area (Å²) in [6.45, 7) is 14.6. The Balaban J connectivity index is 1.17. The van der Waals surface area contributed by atoms with E-state index in [1.807, 2.05) is 11.0 Å². The number of piperidine rings is 2. The maximum Gasteiger partial charge on any atom is 0.324 e. The van der Waals surface area contributed by atoms with Gasteiger partial charge in [-0.05, 0) is 87.3 Å². The Labute approximate surface area is 239 Å². The number of aliphatic hydroxyl groups excluding tert-OH is 1. The molecule has 4 rings (SSSR count). The molecule has 0 bridgehead atoms. The molecular formula is C32H48N4O4. The van der Waals surface area contributed by atoms with Crippen molar-refractivity contribution in [2.45, 2.75) is 78.1 Å². The number of ether oxygens (including phenoxy) is 1. The molecule has 1 amide bonds. The molecule has 1 N–H and O–H groups in total. The topological polar surface area (TPSA) is 91.9 Å². The van der Waals surface area contributed by atoms with E-state index in [1.54, 1.807) is 0 Å². The first-order chi connectivity index (χ1) is 19.4. The van der Waals surface area contributed by atoms with Gasteiger partial charge in [0.1, 0.15) is 5.76 Å². The van der Waals surface area contributed by atoms with Crippen molar-refractivity contribution in [1.82, 2.24) is 15.0 Å². The molecule has 8 heteroatoms. The summed E-state index contributed by atoms with van der Waals surface area (Å²) in [4.78, 5) is 21.8. The molecule has 0 radical (unpaired) electrons. The molecule has 2 fully saturated rings. The Hall–Kier alpha value is -2.87. The second-order valence-electron chi connectivity index (χ2n) is 11.9. The molecule has 0 spiro atoms. The maximum atomic E-state index is 13.1. The summed E-state index contributed by atoms with van der Waals surface area (Å²) < 4.78 is 11.5. The van der Waals surface area contributed by atoms with Gasteiger partial charge in [-0.15, -0.1) is 0 Å². The fourth-order valence-corrected chi connectivity index (χ4v) is 5.93. The largest absolute Gasteiger partial charge is 0.494 e. The number of carbonyl (C=O) groups is 1. The van der Waals surface area contributed by atoms with Crippen molar-refractivity contribution in [1.29, 1.82) is 0 Å². The van der Waals surface area contributed by atoms with E-state index < -0.39 is 0 Å². The average Bonchev–Trinajstić information content (AvgIpc) is 3.48. The van der Waals surface area contributed by atoms with Crippen LogP contribution in [0.1, 0.15) is 83.9 Å². The summed E-state index contributed by atoms with van der Waals surface area (Å²) in [6, 6.07) is 0.626. The monoisotopic (exact) mass is 552 g/mol. The third-order valence-corrected chi connectivity index (χ3v) is 8.69. The van der Waals surface area contributed by atoms with Gasteiger partial charge in [0.2, 0.25) is 5.91 Å². The zero-order valence-electron chi connectivity index (χ0n) is 24.7. The second-order valence-corrected chi connectivity index (χ2v) is 11.9. The van der Waals surface area contributed by atoms with Gasteiger partial charge in [0.25, 0.3) is 0 Å². The minimum absolute atomic E-state index is 0.0852. The molecule has 40 heavy (non-hydrogen) atoms. The predicted octanol–water partition coefficient (Wildman–Crippen LogP) is 5.79. The highest BCUT2D eigenvalue weighted by molar-refractivity contribution is 5.79. The number of aliphatic hydroxyl groups is 1. The van der Waals surface area contributed by atoms with Gasteiger partial charge in [0.05, 0.1) is 6.61 Å². The van der Waals surface area contributed by atoms with Crippen LogP contribution in [0.5, 0.6) is 0 Å². The van der Waals surface area contributed by atoms with Gasteiger partial charge in [-0.3, -0.25) is 4.79 Å². The zero-order chi connectivity index (χ0) is 28.5. The number of hydrogen-bond acceptors (Lipinski definition) is 7. The van der Waals surface area contributed by atoms with Crippen LogP contribution in [0, 0.1) is 17.8 Å². The highest BCUT2D eigenvalue weighted by Gasteiger charge is 2.29. The van der Waals surface area contributed by atoms with E-state index >= 15 is 0 Å². The van der Waals surface area contributed by atoms with Crippen molar-refractivity contribution >= 4 is 11.9 Å². The molecule has 3 aliphatic rings. The number of likely N-dealkylation sites (tertiary alicyclic amines) is 1. The molecule has 1 aliphatic carbocycles. The smallest absolute Gasteiger partial charge is 0.324 e. The van der Waals surface area contributed by atoms with E-state index in [0.29, 0.717) is 36.1 Å². The summed E-state index contributed by atoms with van der Waals surface area (Å²) in [5, 5.41) is 13.3. The Morgan fingerprint density at radius 2 is 1.88 bits per heavy atom. The fourth-order valence-electron chi connectivity index (χ4n) is 5.93. The first-order valence-corrected chi connectivity index (χ1v) is 15.2. The lowest BCUT2D eigenvalue weighted by atomic mass is 9.84. The first kappa shape index (κ1) is 30.1. The Bertz CT molecular complexity index is 1070. The van der Waals surface area contributed by atoms with Crippen LogP contribution in [0.4, 0.5) is 6.01 Å². The first-order valence-electron chi connectivity index (χ1n) is 15.2. The quantitative estimate of drug-likeness (QED) is 0.274. The van der Waals surface area contributed by atoms with Gasteiger partial charge in [0, 0.05) is 44.6 Å². The molecule has 220 valence electrons. The van der Waals surface area contributed by atoms with Crippen LogP contribution in [0.3, 0.4) is 0 Å². The molecule has 1 unspecified atom stereocenters. The molecule has 2 aliphatic heterocycles. The normalized spacial score (nSPS) is 21.8. The van der Waals surface area contributed by atoms with Crippen LogP contribution in [-0.2, 0) is 9.53 Å². The molecule has 1 aromatic heterocycles. The molecular weight excluding hydrogens is 504 g/mol. The summed E-state index contributed by atoms with van der Waals surface area (Å²) in [5.74, 6) is 3.12. The molecule has 2 saturated heterocycles. The molecule has 1 aromatic rings. The fraction of sp³-hybridized carbons (Fsp3) is 0.656.